The summed E-state index contributed by atoms with van der Waals surface area (Å²) in [6, 6.07) is 24.1. The first-order valence-electron chi connectivity index (χ1n) is 12.6. The van der Waals surface area contributed by atoms with Gasteiger partial charge in [-0.1, -0.05) is 60.7 Å². The Morgan fingerprint density at radius 3 is 2.35 bits per heavy atom. The van der Waals surface area contributed by atoms with Gasteiger partial charge in [-0.3, -0.25) is 19.4 Å². The van der Waals surface area contributed by atoms with Crippen LogP contribution in [0.3, 0.4) is 0 Å². The molecule has 3 heterocycles. The Labute approximate surface area is 220 Å². The van der Waals surface area contributed by atoms with Crippen molar-refractivity contribution in [1.29, 1.82) is 0 Å². The van der Waals surface area contributed by atoms with Crippen LogP contribution in [0, 0.1) is 6.92 Å². The second kappa shape index (κ2) is 9.92. The normalized spacial score (nSPS) is 15.9. The number of carbonyl (C=O) groups excluding carboxylic acids is 2. The minimum Gasteiger partial charge on any atom is -0.368 e. The van der Waals surface area contributed by atoms with Gasteiger partial charge in [-0.05, 0) is 30.2 Å². The Hall–Kier alpha value is -3.81. The van der Waals surface area contributed by atoms with Crippen molar-refractivity contribution in [2.45, 2.75) is 20.0 Å². The lowest BCUT2D eigenvalue weighted by atomic mass is 10.1. The number of carbonyl (C=O) groups is 2. The first kappa shape index (κ1) is 23.6. The summed E-state index contributed by atoms with van der Waals surface area (Å²) in [5.41, 5.74) is 6.43. The number of aryl methyl sites for hydroxylation is 1. The molecule has 0 aliphatic carbocycles. The fourth-order valence-corrected chi connectivity index (χ4v) is 5.95. The third kappa shape index (κ3) is 4.56. The third-order valence-electron chi connectivity index (χ3n) is 7.26. The molecule has 2 amide bonds. The molecule has 6 rings (SSSR count). The number of hydrogen-bond donors (Lipinski definition) is 0. The molecule has 0 saturated carbocycles. The second-order valence-corrected chi connectivity index (χ2v) is 10.5. The maximum atomic E-state index is 13.5. The van der Waals surface area contributed by atoms with Gasteiger partial charge < -0.3 is 4.90 Å². The molecule has 0 bridgehead atoms. The van der Waals surface area contributed by atoms with E-state index in [-0.39, 0.29) is 18.4 Å². The van der Waals surface area contributed by atoms with Crippen molar-refractivity contribution < 1.29 is 9.59 Å². The van der Waals surface area contributed by atoms with Gasteiger partial charge in [0.1, 0.15) is 5.01 Å². The van der Waals surface area contributed by atoms with Crippen molar-refractivity contribution in [2.24, 2.45) is 0 Å². The number of fused-ring (bicyclic) bond motifs is 1. The number of aromatic nitrogens is 1. The molecule has 3 aromatic carbocycles. The Morgan fingerprint density at radius 2 is 1.57 bits per heavy atom. The van der Waals surface area contributed by atoms with Gasteiger partial charge in [0.15, 0.2) is 0 Å². The van der Waals surface area contributed by atoms with Crippen molar-refractivity contribution in [1.82, 2.24) is 14.8 Å². The van der Waals surface area contributed by atoms with Gasteiger partial charge in [-0.15, -0.1) is 11.3 Å². The number of thiazole rings is 1. The van der Waals surface area contributed by atoms with Crippen molar-refractivity contribution >= 4 is 28.8 Å². The van der Waals surface area contributed by atoms with E-state index in [0.717, 1.165) is 54.7 Å². The number of benzene rings is 3. The third-order valence-corrected chi connectivity index (χ3v) is 8.09. The largest absolute Gasteiger partial charge is 0.368 e. The summed E-state index contributed by atoms with van der Waals surface area (Å²) in [6.45, 7) is 6.72. The lowest BCUT2D eigenvalue weighted by Gasteiger charge is -2.37. The number of anilines is 1. The minimum atomic E-state index is -0.239. The molecule has 2 aliphatic rings. The monoisotopic (exact) mass is 508 g/mol. The fraction of sp³-hybridized carbons (Fsp3) is 0.233. The lowest BCUT2D eigenvalue weighted by Crippen LogP contribution is -2.46. The van der Waals surface area contributed by atoms with Gasteiger partial charge in [0.25, 0.3) is 11.8 Å². The number of amides is 2. The minimum absolute atomic E-state index is 0.188. The highest BCUT2D eigenvalue weighted by atomic mass is 32.1. The number of rotatable bonds is 6. The Balaban J connectivity index is 1.17. The molecule has 37 heavy (non-hydrogen) atoms. The fourth-order valence-electron chi connectivity index (χ4n) is 5.16. The van der Waals surface area contributed by atoms with Gasteiger partial charge in [-0.25, -0.2) is 4.98 Å². The Kier molecular flexibility index (Phi) is 6.32. The van der Waals surface area contributed by atoms with Gasteiger partial charge in [0.2, 0.25) is 0 Å². The maximum Gasteiger partial charge on any atom is 0.264 e. The number of imide groups is 1. The van der Waals surface area contributed by atoms with Crippen LogP contribution in [-0.2, 0) is 13.1 Å². The van der Waals surface area contributed by atoms with Crippen LogP contribution in [0.4, 0.5) is 5.69 Å². The second-order valence-electron chi connectivity index (χ2n) is 9.58. The van der Waals surface area contributed by atoms with Crippen molar-refractivity contribution in [3.8, 4) is 11.3 Å². The van der Waals surface area contributed by atoms with E-state index >= 15 is 0 Å². The van der Waals surface area contributed by atoms with Gasteiger partial charge >= 0.3 is 0 Å². The molecule has 1 fully saturated rings. The summed E-state index contributed by atoms with van der Waals surface area (Å²) >= 11 is 1.47. The summed E-state index contributed by atoms with van der Waals surface area (Å²) in [6.07, 6.45) is 0. The highest BCUT2D eigenvalue weighted by Crippen LogP contribution is 2.34. The molecule has 1 aromatic heterocycles. The standard InChI is InChI=1S/C30H28N4O2S/c1-21-8-5-6-11-23(21)18-32-14-16-33(17-15-32)26-13-7-12-24-28(26)30(36)34(29(24)35)19-27-31-25(20-37-27)22-9-3-2-4-10-22/h2-13,20H,14-19H2,1H3. The lowest BCUT2D eigenvalue weighted by molar-refractivity contribution is 0.0642. The summed E-state index contributed by atoms with van der Waals surface area (Å²) in [5, 5.41) is 2.73. The molecule has 0 radical (unpaired) electrons. The molecular weight excluding hydrogens is 480 g/mol. The number of nitrogens with zero attached hydrogens (tertiary/aromatic N) is 4. The first-order valence-corrected chi connectivity index (χ1v) is 13.5. The van der Waals surface area contributed by atoms with E-state index in [1.807, 2.05) is 47.8 Å². The quantitative estimate of drug-likeness (QED) is 0.334. The van der Waals surface area contributed by atoms with E-state index < -0.39 is 0 Å². The van der Waals surface area contributed by atoms with E-state index in [4.69, 9.17) is 4.98 Å². The van der Waals surface area contributed by atoms with E-state index in [1.54, 1.807) is 6.07 Å². The van der Waals surface area contributed by atoms with Crippen LogP contribution >= 0.6 is 11.3 Å². The van der Waals surface area contributed by atoms with E-state index in [9.17, 15) is 9.59 Å². The molecule has 7 heteroatoms. The van der Waals surface area contributed by atoms with Crippen LogP contribution in [-0.4, -0.2) is 52.8 Å². The molecule has 0 N–H and O–H groups in total. The number of piperazine rings is 1. The van der Waals surface area contributed by atoms with E-state index in [2.05, 4.69) is 41.0 Å². The predicted octanol–water partition coefficient (Wildman–Crippen LogP) is 5.24. The molecule has 0 atom stereocenters. The number of hydrogen-bond acceptors (Lipinski definition) is 6. The van der Waals surface area contributed by atoms with Gasteiger partial charge in [-0.2, -0.15) is 0 Å². The molecule has 0 spiro atoms. The van der Waals surface area contributed by atoms with Gasteiger partial charge in [0.05, 0.1) is 29.1 Å². The molecule has 2 aliphatic heterocycles. The smallest absolute Gasteiger partial charge is 0.264 e. The topological polar surface area (TPSA) is 56.8 Å². The van der Waals surface area contributed by atoms with Crippen LogP contribution in [0.1, 0.15) is 36.9 Å². The summed E-state index contributed by atoms with van der Waals surface area (Å²) in [5.74, 6) is -0.467. The van der Waals surface area contributed by atoms with Crippen molar-refractivity contribution in [3.63, 3.8) is 0 Å². The molecule has 1 saturated heterocycles. The maximum absolute atomic E-state index is 13.5. The molecule has 186 valence electrons. The summed E-state index contributed by atoms with van der Waals surface area (Å²) in [4.78, 5) is 37.5. The van der Waals surface area contributed by atoms with Crippen molar-refractivity contribution in [2.75, 3.05) is 31.1 Å². The predicted molar refractivity (Wildman–Crippen MR) is 147 cm³/mol. The van der Waals surface area contributed by atoms with E-state index in [1.165, 1.54) is 27.4 Å². The average Bonchev–Trinajstić information content (AvgIpc) is 3.50. The first-order chi connectivity index (χ1) is 18.1. The van der Waals surface area contributed by atoms with Crippen molar-refractivity contribution in [3.05, 3.63) is 105 Å². The SMILES string of the molecule is Cc1ccccc1CN1CCN(c2cccc3c2C(=O)N(Cc2nc(-c4ccccc4)cs2)C3=O)CC1. The highest BCUT2D eigenvalue weighted by Gasteiger charge is 2.39. The molecule has 6 nitrogen and oxygen atoms in total. The van der Waals surface area contributed by atoms with Gasteiger partial charge in [0, 0.05) is 43.7 Å². The van der Waals surface area contributed by atoms with Crippen LogP contribution < -0.4 is 4.90 Å². The Bertz CT molecular complexity index is 1460. The Morgan fingerprint density at radius 1 is 0.811 bits per heavy atom. The van der Waals surface area contributed by atoms with Crippen LogP contribution in [0.2, 0.25) is 0 Å². The molecule has 4 aromatic rings. The highest BCUT2D eigenvalue weighted by molar-refractivity contribution is 7.10. The van der Waals surface area contributed by atoms with E-state index in [0.29, 0.717) is 11.1 Å². The molecular formula is C30H28N4O2S. The van der Waals surface area contributed by atoms with Crippen LogP contribution in [0.5, 0.6) is 0 Å². The molecule has 0 unspecified atom stereocenters. The summed E-state index contributed by atoms with van der Waals surface area (Å²) in [7, 11) is 0. The zero-order valence-electron chi connectivity index (χ0n) is 20.8. The average molecular weight is 509 g/mol. The summed E-state index contributed by atoms with van der Waals surface area (Å²) < 4.78 is 0. The zero-order valence-corrected chi connectivity index (χ0v) is 21.6. The van der Waals surface area contributed by atoms with Crippen LogP contribution in [0.25, 0.3) is 11.3 Å². The van der Waals surface area contributed by atoms with Crippen LogP contribution in [0.15, 0.2) is 78.2 Å². The zero-order chi connectivity index (χ0) is 25.4.